The molecule has 2 N–H and O–H groups in total. The molecule has 5 nitrogen and oxygen atoms in total. The number of halogens is 2. The molecule has 0 bridgehead atoms. The first-order valence-corrected chi connectivity index (χ1v) is 8.24. The largest absolute Gasteiger partial charge is 0.396 e. The van der Waals surface area contributed by atoms with Gasteiger partial charge in [0.2, 0.25) is 0 Å². The van der Waals surface area contributed by atoms with Gasteiger partial charge in [-0.1, -0.05) is 0 Å². The number of pyridine rings is 1. The first-order chi connectivity index (χ1) is 11.5. The number of hydrogen-bond acceptors (Lipinski definition) is 4. The first kappa shape index (κ1) is 15.4. The van der Waals surface area contributed by atoms with Crippen LogP contribution in [0.2, 0.25) is 0 Å². The highest BCUT2D eigenvalue weighted by atomic mass is 19.1. The van der Waals surface area contributed by atoms with E-state index in [9.17, 15) is 9.18 Å². The van der Waals surface area contributed by atoms with Crippen molar-refractivity contribution in [3.63, 3.8) is 0 Å². The van der Waals surface area contributed by atoms with Crippen LogP contribution in [0, 0.1) is 11.6 Å². The molecule has 0 unspecified atom stereocenters. The summed E-state index contributed by atoms with van der Waals surface area (Å²) in [5, 5.41) is -0.0442. The molecule has 1 saturated carbocycles. The third-order valence-electron chi connectivity index (χ3n) is 5.02. The molecule has 2 aliphatic rings. The number of rotatable bonds is 2. The van der Waals surface area contributed by atoms with Gasteiger partial charge in [0, 0.05) is 44.5 Å². The van der Waals surface area contributed by atoms with Crippen molar-refractivity contribution in [1.29, 1.82) is 0 Å². The Hall–Kier alpha value is -2.15. The van der Waals surface area contributed by atoms with Crippen molar-refractivity contribution in [3.8, 4) is 0 Å². The number of fused-ring (bicyclic) bond motifs is 1. The van der Waals surface area contributed by atoms with Crippen LogP contribution < -0.4 is 16.1 Å². The van der Waals surface area contributed by atoms with Gasteiger partial charge < -0.3 is 20.1 Å². The quantitative estimate of drug-likeness (QED) is 0.853. The number of nitrogens with zero attached hydrogens (tertiary/aromatic N) is 3. The van der Waals surface area contributed by atoms with Crippen molar-refractivity contribution in [2.75, 3.05) is 43.9 Å². The van der Waals surface area contributed by atoms with Gasteiger partial charge in [0.25, 0.3) is 0 Å². The van der Waals surface area contributed by atoms with Crippen LogP contribution in [0.1, 0.15) is 18.9 Å². The van der Waals surface area contributed by atoms with E-state index in [2.05, 4.69) is 4.90 Å². The molecule has 1 aromatic heterocycles. The lowest BCUT2D eigenvalue weighted by molar-refractivity contribution is 0.310. The predicted octanol–water partition coefficient (Wildman–Crippen LogP) is 1.95. The van der Waals surface area contributed by atoms with E-state index in [1.165, 1.54) is 6.07 Å². The highest BCUT2D eigenvalue weighted by molar-refractivity contribution is 5.95. The van der Waals surface area contributed by atoms with Crippen LogP contribution >= 0.6 is 0 Å². The number of nitrogens with two attached hydrogens (primary N) is 1. The maximum absolute atomic E-state index is 15.3. The number of piperazine rings is 1. The molecule has 24 heavy (non-hydrogen) atoms. The molecule has 4 rings (SSSR count). The summed E-state index contributed by atoms with van der Waals surface area (Å²) in [5.74, 6) is -1.50. The van der Waals surface area contributed by atoms with Crippen molar-refractivity contribution >= 4 is 22.3 Å². The summed E-state index contributed by atoms with van der Waals surface area (Å²) in [7, 11) is 1.98. The number of hydrogen-bond donors (Lipinski definition) is 1. The molecule has 0 amide bonds. The summed E-state index contributed by atoms with van der Waals surface area (Å²) in [6.45, 7) is 2.49. The van der Waals surface area contributed by atoms with Gasteiger partial charge in [-0.05, 0) is 19.9 Å². The Kier molecular flexibility index (Phi) is 3.49. The Balaban J connectivity index is 1.98. The van der Waals surface area contributed by atoms with Gasteiger partial charge in [-0.2, -0.15) is 0 Å². The second kappa shape index (κ2) is 5.44. The van der Waals surface area contributed by atoms with E-state index >= 15 is 4.39 Å². The van der Waals surface area contributed by atoms with Crippen molar-refractivity contribution < 1.29 is 8.78 Å². The second-order valence-electron chi connectivity index (χ2n) is 6.72. The van der Waals surface area contributed by atoms with Crippen LogP contribution in [0.5, 0.6) is 0 Å². The Bertz CT molecular complexity index is 867. The second-order valence-corrected chi connectivity index (χ2v) is 6.72. The summed E-state index contributed by atoms with van der Waals surface area (Å²) >= 11 is 0. The van der Waals surface area contributed by atoms with Gasteiger partial charge in [-0.25, -0.2) is 8.78 Å². The van der Waals surface area contributed by atoms with Crippen LogP contribution in [-0.2, 0) is 0 Å². The van der Waals surface area contributed by atoms with E-state index in [1.807, 2.05) is 7.05 Å². The number of benzene rings is 1. The van der Waals surface area contributed by atoms with Crippen LogP contribution in [0.4, 0.5) is 20.2 Å². The normalized spacial score (nSPS) is 19.2. The molecule has 1 aliphatic heterocycles. The van der Waals surface area contributed by atoms with Gasteiger partial charge >= 0.3 is 0 Å². The zero-order valence-corrected chi connectivity index (χ0v) is 13.6. The van der Waals surface area contributed by atoms with Crippen molar-refractivity contribution in [1.82, 2.24) is 9.47 Å². The fraction of sp³-hybridized carbons (Fsp3) is 0.471. The Labute approximate surface area is 138 Å². The molecule has 0 spiro atoms. The lowest BCUT2D eigenvalue weighted by Gasteiger charge is -2.34. The lowest BCUT2D eigenvalue weighted by atomic mass is 10.1. The van der Waals surface area contributed by atoms with E-state index in [4.69, 9.17) is 5.73 Å². The molecule has 1 saturated heterocycles. The summed E-state index contributed by atoms with van der Waals surface area (Å²) in [6.07, 6.45) is 3.45. The molecule has 1 aromatic carbocycles. The summed E-state index contributed by atoms with van der Waals surface area (Å²) in [5.41, 5.74) is 5.26. The molecule has 1 aliphatic carbocycles. The number of anilines is 2. The average molecular weight is 334 g/mol. The van der Waals surface area contributed by atoms with Crippen LogP contribution in [0.15, 0.2) is 17.1 Å². The number of likely N-dealkylation sites (N-methyl/N-ethyl adjacent to an activating group) is 1. The molecule has 2 fully saturated rings. The first-order valence-electron chi connectivity index (χ1n) is 8.24. The predicted molar refractivity (Wildman–Crippen MR) is 90.5 cm³/mol. The average Bonchev–Trinajstić information content (AvgIpc) is 3.39. The minimum absolute atomic E-state index is 0.0442. The standard InChI is InChI=1S/C17H20F2N4O/c1-21-6-8-22(9-7-21)17-13(18)15(20)12-11(24)4-5-23(10-2-3-10)16(12)14(17)19/h4-5,10H,2-3,6-9,20H2,1H3. The molecule has 2 aromatic rings. The van der Waals surface area contributed by atoms with E-state index in [-0.39, 0.29) is 28.3 Å². The van der Waals surface area contributed by atoms with E-state index < -0.39 is 17.1 Å². The van der Waals surface area contributed by atoms with Crippen molar-refractivity contribution in [3.05, 3.63) is 34.1 Å². The van der Waals surface area contributed by atoms with E-state index in [1.54, 1.807) is 15.7 Å². The highest BCUT2D eigenvalue weighted by Gasteiger charge is 2.31. The highest BCUT2D eigenvalue weighted by Crippen LogP contribution is 2.41. The van der Waals surface area contributed by atoms with E-state index in [0.717, 1.165) is 25.9 Å². The SMILES string of the molecule is CN1CCN(c2c(F)c(N)c3c(=O)ccn(C4CC4)c3c2F)CC1. The third kappa shape index (κ3) is 2.26. The molecular formula is C17H20F2N4O. The summed E-state index contributed by atoms with van der Waals surface area (Å²) < 4.78 is 31.9. The molecular weight excluding hydrogens is 314 g/mol. The zero-order valence-electron chi connectivity index (χ0n) is 13.6. The third-order valence-corrected chi connectivity index (χ3v) is 5.02. The maximum atomic E-state index is 15.3. The van der Waals surface area contributed by atoms with Crippen LogP contribution in [-0.4, -0.2) is 42.7 Å². The molecule has 0 radical (unpaired) electrons. The van der Waals surface area contributed by atoms with Gasteiger partial charge in [-0.3, -0.25) is 4.79 Å². The lowest BCUT2D eigenvalue weighted by Crippen LogP contribution is -2.45. The zero-order chi connectivity index (χ0) is 17.0. The fourth-order valence-electron chi connectivity index (χ4n) is 3.45. The monoisotopic (exact) mass is 334 g/mol. The smallest absolute Gasteiger partial charge is 0.191 e. The van der Waals surface area contributed by atoms with Crippen molar-refractivity contribution in [2.45, 2.75) is 18.9 Å². The van der Waals surface area contributed by atoms with E-state index in [0.29, 0.717) is 13.1 Å². The molecule has 7 heteroatoms. The topological polar surface area (TPSA) is 54.5 Å². The Morgan fingerprint density at radius 3 is 2.42 bits per heavy atom. The van der Waals surface area contributed by atoms with Crippen molar-refractivity contribution in [2.24, 2.45) is 0 Å². The minimum Gasteiger partial charge on any atom is -0.396 e. The molecule has 2 heterocycles. The molecule has 0 atom stereocenters. The van der Waals surface area contributed by atoms with Crippen LogP contribution in [0.25, 0.3) is 10.9 Å². The van der Waals surface area contributed by atoms with Crippen LogP contribution in [0.3, 0.4) is 0 Å². The molecule has 128 valence electrons. The number of nitrogen functional groups attached to an aromatic ring is 1. The Morgan fingerprint density at radius 1 is 1.12 bits per heavy atom. The Morgan fingerprint density at radius 2 is 1.79 bits per heavy atom. The maximum Gasteiger partial charge on any atom is 0.191 e. The van der Waals surface area contributed by atoms with Gasteiger partial charge in [-0.15, -0.1) is 0 Å². The summed E-state index contributed by atoms with van der Waals surface area (Å²) in [6, 6.07) is 1.50. The summed E-state index contributed by atoms with van der Waals surface area (Å²) in [4.78, 5) is 16.0. The van der Waals surface area contributed by atoms with Gasteiger partial charge in [0.15, 0.2) is 17.1 Å². The van der Waals surface area contributed by atoms with Gasteiger partial charge in [0.1, 0.15) is 5.69 Å². The van der Waals surface area contributed by atoms with Gasteiger partial charge in [0.05, 0.1) is 16.6 Å². The minimum atomic E-state index is -0.824. The fourth-order valence-corrected chi connectivity index (χ4v) is 3.45. The number of aromatic nitrogens is 1.